The highest BCUT2D eigenvalue weighted by Gasteiger charge is 2.23. The van der Waals surface area contributed by atoms with E-state index >= 15 is 0 Å². The second-order valence-corrected chi connectivity index (χ2v) is 9.06. The van der Waals surface area contributed by atoms with Crippen molar-refractivity contribution in [3.63, 3.8) is 0 Å². The molecule has 4 rings (SSSR count). The molecule has 0 fully saturated rings. The lowest BCUT2D eigenvalue weighted by Gasteiger charge is -2.12. The minimum absolute atomic E-state index is 0.295. The van der Waals surface area contributed by atoms with Crippen molar-refractivity contribution in [1.82, 2.24) is 24.8 Å². The standard InChI is InChI=1S/C22H20ClFN6OS2/c1-29(2)12-28-16-17-19(22(32)27-11-26-17)30(18(16)20-15(23)7-10-33-20)9-8-25-21(31)13-3-5-14(24)6-4-13/h3-7,10-12H,8-9H2,1-2H3,(H,25,31)(H,26,27,32). The number of rotatable bonds is 7. The van der Waals surface area contributed by atoms with Crippen molar-refractivity contribution in [2.24, 2.45) is 4.99 Å². The summed E-state index contributed by atoms with van der Waals surface area (Å²) in [5.41, 5.74) is 3.28. The maximum Gasteiger partial charge on any atom is 0.251 e. The molecule has 0 aliphatic heterocycles. The van der Waals surface area contributed by atoms with Gasteiger partial charge >= 0.3 is 0 Å². The third-order valence-corrected chi connectivity index (χ3v) is 6.46. The second-order valence-electron chi connectivity index (χ2n) is 7.35. The van der Waals surface area contributed by atoms with Crippen molar-refractivity contribution in [3.05, 3.63) is 63.1 Å². The highest BCUT2D eigenvalue weighted by atomic mass is 35.5. The van der Waals surface area contributed by atoms with E-state index in [1.807, 2.05) is 35.0 Å². The van der Waals surface area contributed by atoms with E-state index in [1.165, 1.54) is 35.6 Å². The predicted molar refractivity (Wildman–Crippen MR) is 134 cm³/mol. The van der Waals surface area contributed by atoms with Gasteiger partial charge in [0, 0.05) is 32.7 Å². The van der Waals surface area contributed by atoms with E-state index in [4.69, 9.17) is 28.8 Å². The molecule has 0 unspecified atom stereocenters. The van der Waals surface area contributed by atoms with Crippen molar-refractivity contribution in [3.8, 4) is 10.6 Å². The Hall–Kier alpha value is -3.08. The number of aromatic nitrogens is 3. The van der Waals surface area contributed by atoms with Crippen LogP contribution >= 0.6 is 35.2 Å². The van der Waals surface area contributed by atoms with Gasteiger partial charge in [0.2, 0.25) is 0 Å². The zero-order chi connectivity index (χ0) is 23.5. The van der Waals surface area contributed by atoms with E-state index in [0.29, 0.717) is 39.5 Å². The number of fused-ring (bicyclic) bond motifs is 1. The molecule has 0 saturated carbocycles. The average molecular weight is 503 g/mol. The van der Waals surface area contributed by atoms with Crippen LogP contribution in [0.3, 0.4) is 0 Å². The number of aliphatic imine (C=N–C) groups is 1. The van der Waals surface area contributed by atoms with E-state index in [-0.39, 0.29) is 5.91 Å². The lowest BCUT2D eigenvalue weighted by molar-refractivity contribution is 0.0952. The van der Waals surface area contributed by atoms with Crippen molar-refractivity contribution in [2.75, 3.05) is 20.6 Å². The summed E-state index contributed by atoms with van der Waals surface area (Å²) < 4.78 is 15.5. The third-order valence-electron chi connectivity index (χ3n) is 4.81. The first-order valence-corrected chi connectivity index (χ1v) is 11.6. The van der Waals surface area contributed by atoms with E-state index < -0.39 is 5.82 Å². The molecule has 170 valence electrons. The molecular formula is C22H20ClFN6OS2. The van der Waals surface area contributed by atoms with Gasteiger partial charge in [0.05, 0.1) is 33.8 Å². The Bertz CT molecular complexity index is 1390. The third kappa shape index (κ3) is 4.82. The summed E-state index contributed by atoms with van der Waals surface area (Å²) in [5, 5.41) is 5.38. The summed E-state index contributed by atoms with van der Waals surface area (Å²) in [7, 11) is 3.77. The largest absolute Gasteiger partial charge is 0.369 e. The van der Waals surface area contributed by atoms with Crippen LogP contribution in [0.2, 0.25) is 5.02 Å². The van der Waals surface area contributed by atoms with Gasteiger partial charge < -0.3 is 19.8 Å². The smallest absolute Gasteiger partial charge is 0.251 e. The van der Waals surface area contributed by atoms with Gasteiger partial charge in [-0.05, 0) is 35.7 Å². The lowest BCUT2D eigenvalue weighted by atomic mass is 10.2. The van der Waals surface area contributed by atoms with Crippen LogP contribution < -0.4 is 5.32 Å². The maximum atomic E-state index is 13.2. The minimum Gasteiger partial charge on any atom is -0.369 e. The van der Waals surface area contributed by atoms with E-state index in [2.05, 4.69) is 15.3 Å². The Balaban J connectivity index is 1.76. The first-order chi connectivity index (χ1) is 15.9. The van der Waals surface area contributed by atoms with Crippen LogP contribution in [0, 0.1) is 10.5 Å². The van der Waals surface area contributed by atoms with Gasteiger partial charge in [-0.15, -0.1) is 11.3 Å². The molecule has 0 saturated heterocycles. The van der Waals surface area contributed by atoms with Gasteiger partial charge in [0.25, 0.3) is 5.91 Å². The molecule has 0 atom stereocenters. The topological polar surface area (TPSA) is 78.3 Å². The molecule has 7 nitrogen and oxygen atoms in total. The average Bonchev–Trinajstić information content (AvgIpc) is 3.33. The van der Waals surface area contributed by atoms with Crippen LogP contribution in [0.1, 0.15) is 10.4 Å². The van der Waals surface area contributed by atoms with Gasteiger partial charge in [-0.3, -0.25) is 4.79 Å². The quantitative estimate of drug-likeness (QED) is 0.205. The van der Waals surface area contributed by atoms with Gasteiger partial charge in [-0.25, -0.2) is 14.4 Å². The van der Waals surface area contributed by atoms with Crippen molar-refractivity contribution in [2.45, 2.75) is 6.54 Å². The molecule has 4 aromatic rings. The molecule has 1 amide bonds. The Morgan fingerprint density at radius 2 is 2.12 bits per heavy atom. The normalized spacial score (nSPS) is 11.4. The molecule has 1 aromatic carbocycles. The van der Waals surface area contributed by atoms with Gasteiger partial charge in [-0.2, -0.15) is 0 Å². The highest BCUT2D eigenvalue weighted by molar-refractivity contribution is 7.71. The number of aromatic amines is 1. The zero-order valence-electron chi connectivity index (χ0n) is 17.8. The molecule has 0 aliphatic carbocycles. The number of nitrogens with one attached hydrogen (secondary N) is 2. The number of hydrogen-bond donors (Lipinski definition) is 2. The summed E-state index contributed by atoms with van der Waals surface area (Å²) in [5.74, 6) is -0.688. The summed E-state index contributed by atoms with van der Waals surface area (Å²) in [6.07, 6.45) is 3.25. The number of H-pyrrole nitrogens is 1. The number of hydrogen-bond acceptors (Lipinski definition) is 5. The van der Waals surface area contributed by atoms with Crippen LogP contribution in [-0.2, 0) is 6.54 Å². The number of benzene rings is 1. The number of amides is 1. The molecular weight excluding hydrogens is 483 g/mol. The molecule has 3 heterocycles. The van der Waals surface area contributed by atoms with Crippen LogP contribution in [-0.4, -0.2) is 52.3 Å². The molecule has 2 N–H and O–H groups in total. The summed E-state index contributed by atoms with van der Waals surface area (Å²) in [4.78, 5) is 27.3. The molecule has 33 heavy (non-hydrogen) atoms. The number of carbonyl (C=O) groups excluding carboxylic acids is 1. The van der Waals surface area contributed by atoms with Crippen LogP contribution in [0.15, 0.2) is 47.0 Å². The molecule has 11 heteroatoms. The lowest BCUT2D eigenvalue weighted by Crippen LogP contribution is -2.27. The fourth-order valence-electron chi connectivity index (χ4n) is 3.38. The van der Waals surface area contributed by atoms with E-state index in [0.717, 1.165) is 16.1 Å². The molecule has 0 spiro atoms. The summed E-state index contributed by atoms with van der Waals surface area (Å²) >= 11 is 13.5. The van der Waals surface area contributed by atoms with Crippen molar-refractivity contribution >= 4 is 64.1 Å². The van der Waals surface area contributed by atoms with Crippen LogP contribution in [0.4, 0.5) is 10.1 Å². The SMILES string of the molecule is CN(C)C=Nc1c(-c2sccc2Cl)n(CCNC(=O)c2ccc(F)cc2)c2c(=S)nc[nH]c12. The van der Waals surface area contributed by atoms with E-state index in [9.17, 15) is 9.18 Å². The Morgan fingerprint density at radius 1 is 1.36 bits per heavy atom. The zero-order valence-corrected chi connectivity index (χ0v) is 20.2. The highest BCUT2D eigenvalue weighted by Crippen LogP contribution is 2.44. The maximum absolute atomic E-state index is 13.2. The first kappa shape index (κ1) is 23.1. The molecule has 0 radical (unpaired) electrons. The minimum atomic E-state index is -0.393. The summed E-state index contributed by atoms with van der Waals surface area (Å²) in [6, 6.07) is 7.23. The Labute approximate surface area is 203 Å². The Morgan fingerprint density at radius 3 is 2.79 bits per heavy atom. The number of carbonyl (C=O) groups is 1. The number of halogens is 2. The molecule has 3 aromatic heterocycles. The van der Waals surface area contributed by atoms with E-state index in [1.54, 1.807) is 12.7 Å². The van der Waals surface area contributed by atoms with Crippen LogP contribution in [0.25, 0.3) is 21.6 Å². The second kappa shape index (κ2) is 9.82. The number of nitrogens with zero attached hydrogens (tertiary/aromatic N) is 4. The van der Waals surface area contributed by atoms with Crippen LogP contribution in [0.5, 0.6) is 0 Å². The van der Waals surface area contributed by atoms with Crippen molar-refractivity contribution in [1.29, 1.82) is 0 Å². The van der Waals surface area contributed by atoms with Crippen molar-refractivity contribution < 1.29 is 9.18 Å². The summed E-state index contributed by atoms with van der Waals surface area (Å²) in [6.45, 7) is 0.699. The van der Waals surface area contributed by atoms with Gasteiger partial charge in [0.1, 0.15) is 17.0 Å². The number of thiophene rings is 1. The predicted octanol–water partition coefficient (Wildman–Crippen LogP) is 5.27. The Kier molecular flexibility index (Phi) is 6.87. The monoisotopic (exact) mass is 502 g/mol. The van der Waals surface area contributed by atoms with Gasteiger partial charge in [-0.1, -0.05) is 23.8 Å². The molecule has 0 aliphatic rings. The van der Waals surface area contributed by atoms with Gasteiger partial charge in [0.15, 0.2) is 4.64 Å². The fraction of sp³-hybridized carbons (Fsp3) is 0.182. The fourth-order valence-corrected chi connectivity index (χ4v) is 4.85. The first-order valence-electron chi connectivity index (χ1n) is 9.94. The molecule has 0 bridgehead atoms.